The van der Waals surface area contributed by atoms with Crippen LogP contribution in [-0.2, 0) is 9.53 Å². The van der Waals surface area contributed by atoms with E-state index in [4.69, 9.17) is 13.9 Å². The van der Waals surface area contributed by atoms with Crippen LogP contribution in [0.4, 0.5) is 0 Å². The van der Waals surface area contributed by atoms with Crippen molar-refractivity contribution in [1.82, 2.24) is 5.32 Å². The van der Waals surface area contributed by atoms with Crippen molar-refractivity contribution >= 4 is 17.7 Å². The minimum absolute atomic E-state index is 0.0881. The van der Waals surface area contributed by atoms with Gasteiger partial charge in [0.15, 0.2) is 11.9 Å². The number of esters is 1. The number of hydrogen-bond donors (Lipinski definition) is 1. The number of ether oxygens (including phenoxy) is 2. The van der Waals surface area contributed by atoms with Gasteiger partial charge < -0.3 is 19.2 Å². The van der Waals surface area contributed by atoms with Gasteiger partial charge in [-0.25, -0.2) is 0 Å². The molecular weight excluding hydrogens is 314 g/mol. The minimum Gasteiger partial charge on any atom is -0.497 e. The Morgan fingerprint density at radius 1 is 1.17 bits per heavy atom. The third kappa shape index (κ3) is 4.45. The summed E-state index contributed by atoms with van der Waals surface area (Å²) in [5.41, 5.74) is 0.399. The van der Waals surface area contributed by atoms with Crippen molar-refractivity contribution in [2.24, 2.45) is 0 Å². The van der Waals surface area contributed by atoms with Gasteiger partial charge in [0, 0.05) is 5.56 Å². The first kappa shape index (κ1) is 17.3. The molecule has 24 heavy (non-hydrogen) atoms. The van der Waals surface area contributed by atoms with Gasteiger partial charge >= 0.3 is 5.97 Å². The van der Waals surface area contributed by atoms with E-state index in [1.165, 1.54) is 26.4 Å². The summed E-state index contributed by atoms with van der Waals surface area (Å²) in [4.78, 5) is 35.5. The zero-order valence-electron chi connectivity index (χ0n) is 13.3. The second kappa shape index (κ2) is 7.96. The second-order valence-electron chi connectivity index (χ2n) is 4.88. The van der Waals surface area contributed by atoms with Crippen LogP contribution in [-0.4, -0.2) is 37.4 Å². The first-order valence-corrected chi connectivity index (χ1v) is 7.20. The topological polar surface area (TPSA) is 94.8 Å². The predicted molar refractivity (Wildman–Crippen MR) is 83.9 cm³/mol. The molecule has 0 bridgehead atoms. The van der Waals surface area contributed by atoms with Crippen molar-refractivity contribution in [2.45, 2.75) is 13.0 Å². The molecule has 0 aliphatic heterocycles. The third-order valence-corrected chi connectivity index (χ3v) is 3.19. The summed E-state index contributed by atoms with van der Waals surface area (Å²) in [6, 6.07) is 9.49. The highest BCUT2D eigenvalue weighted by Crippen LogP contribution is 2.13. The maximum Gasteiger partial charge on any atom is 0.326 e. The highest BCUT2D eigenvalue weighted by atomic mass is 16.5. The lowest BCUT2D eigenvalue weighted by Gasteiger charge is -2.13. The van der Waals surface area contributed by atoms with Crippen molar-refractivity contribution in [3.63, 3.8) is 0 Å². The van der Waals surface area contributed by atoms with Gasteiger partial charge in [-0.1, -0.05) is 0 Å². The molecular formula is C17H17NO6. The van der Waals surface area contributed by atoms with E-state index in [0.29, 0.717) is 11.3 Å². The number of rotatable bonds is 7. The van der Waals surface area contributed by atoms with E-state index in [1.54, 1.807) is 30.3 Å². The molecule has 0 aliphatic carbocycles. The van der Waals surface area contributed by atoms with E-state index < -0.39 is 18.0 Å². The first-order valence-electron chi connectivity index (χ1n) is 7.20. The van der Waals surface area contributed by atoms with Gasteiger partial charge in [0.2, 0.25) is 5.78 Å². The number of Topliss-reactive ketones (excluding diaryl/α,β-unsaturated/α-hetero) is 1. The molecule has 0 aliphatic rings. The number of benzene rings is 1. The molecule has 1 aromatic heterocycles. The average Bonchev–Trinajstić information content (AvgIpc) is 3.13. The summed E-state index contributed by atoms with van der Waals surface area (Å²) in [6.45, 7) is 1.11. The van der Waals surface area contributed by atoms with E-state index in [0.717, 1.165) is 0 Å². The number of ketones is 1. The molecule has 2 rings (SSSR count). The smallest absolute Gasteiger partial charge is 0.326 e. The zero-order chi connectivity index (χ0) is 17.5. The lowest BCUT2D eigenvalue weighted by atomic mass is 10.1. The maximum absolute atomic E-state index is 12.2. The van der Waals surface area contributed by atoms with Gasteiger partial charge in [-0.3, -0.25) is 14.4 Å². The van der Waals surface area contributed by atoms with Crippen molar-refractivity contribution in [2.75, 3.05) is 13.7 Å². The van der Waals surface area contributed by atoms with Crippen LogP contribution >= 0.6 is 0 Å². The summed E-state index contributed by atoms with van der Waals surface area (Å²) in [6.07, 6.45) is 0.384. The monoisotopic (exact) mass is 331 g/mol. The fourth-order valence-electron chi connectivity index (χ4n) is 1.93. The number of furan rings is 1. The van der Waals surface area contributed by atoms with Crippen LogP contribution in [0.1, 0.15) is 27.8 Å². The number of hydrogen-bond acceptors (Lipinski definition) is 6. The Morgan fingerprint density at radius 2 is 1.88 bits per heavy atom. The number of nitrogens with one attached hydrogen (secondary N) is 1. The molecule has 1 heterocycles. The Balaban J connectivity index is 1.83. The summed E-state index contributed by atoms with van der Waals surface area (Å²) in [7, 11) is 1.53. The number of carbonyl (C=O) groups is 3. The van der Waals surface area contributed by atoms with E-state index in [-0.39, 0.29) is 18.1 Å². The van der Waals surface area contributed by atoms with E-state index in [1.807, 2.05) is 0 Å². The molecule has 0 saturated heterocycles. The van der Waals surface area contributed by atoms with E-state index in [2.05, 4.69) is 5.32 Å². The maximum atomic E-state index is 12.2. The van der Waals surface area contributed by atoms with Crippen LogP contribution in [0, 0.1) is 0 Å². The minimum atomic E-state index is -0.966. The number of methoxy groups -OCH3 is 1. The quantitative estimate of drug-likeness (QED) is 0.614. The Hall–Kier alpha value is -3.09. The van der Waals surface area contributed by atoms with E-state index in [9.17, 15) is 14.4 Å². The van der Waals surface area contributed by atoms with Crippen molar-refractivity contribution in [1.29, 1.82) is 0 Å². The van der Waals surface area contributed by atoms with Crippen molar-refractivity contribution in [3.05, 3.63) is 54.0 Å². The van der Waals surface area contributed by atoms with Crippen molar-refractivity contribution < 1.29 is 28.3 Å². The second-order valence-corrected chi connectivity index (χ2v) is 4.88. The molecule has 2 aromatic rings. The SMILES string of the molecule is COc1ccc(C(=O)[C@@H](C)OC(=O)CNC(=O)c2ccco2)cc1. The Bertz CT molecular complexity index is 705. The van der Waals surface area contributed by atoms with Crippen LogP contribution in [0.3, 0.4) is 0 Å². The van der Waals surface area contributed by atoms with Gasteiger partial charge in [-0.05, 0) is 43.3 Å². The van der Waals surface area contributed by atoms with E-state index >= 15 is 0 Å². The molecule has 0 radical (unpaired) electrons. The lowest BCUT2D eigenvalue weighted by molar-refractivity contribution is -0.145. The van der Waals surface area contributed by atoms with Crippen LogP contribution in [0.2, 0.25) is 0 Å². The van der Waals surface area contributed by atoms with Gasteiger partial charge in [0.1, 0.15) is 12.3 Å². The molecule has 0 saturated carbocycles. The van der Waals surface area contributed by atoms with Crippen LogP contribution in [0.5, 0.6) is 5.75 Å². The van der Waals surface area contributed by atoms with Crippen LogP contribution in [0.25, 0.3) is 0 Å². The Morgan fingerprint density at radius 3 is 2.46 bits per heavy atom. The summed E-state index contributed by atoms with van der Waals surface area (Å²) >= 11 is 0. The lowest BCUT2D eigenvalue weighted by Crippen LogP contribution is -2.33. The van der Waals surface area contributed by atoms with Crippen LogP contribution in [0.15, 0.2) is 47.1 Å². The Labute approximate surface area is 138 Å². The first-order chi connectivity index (χ1) is 11.5. The van der Waals surface area contributed by atoms with Gasteiger partial charge in [-0.2, -0.15) is 0 Å². The highest BCUT2D eigenvalue weighted by molar-refractivity contribution is 6.00. The molecule has 0 unspecified atom stereocenters. The largest absolute Gasteiger partial charge is 0.497 e. The summed E-state index contributed by atoms with van der Waals surface area (Å²) in [5, 5.41) is 2.35. The third-order valence-electron chi connectivity index (χ3n) is 3.19. The standard InChI is InChI=1S/C17H17NO6/c1-11(16(20)12-5-7-13(22-2)8-6-12)24-15(19)10-18-17(21)14-4-3-9-23-14/h3-9,11H,10H2,1-2H3,(H,18,21)/t11-/m1/s1. The molecule has 0 spiro atoms. The fourth-order valence-corrected chi connectivity index (χ4v) is 1.93. The Kier molecular flexibility index (Phi) is 5.73. The molecule has 7 nitrogen and oxygen atoms in total. The molecule has 1 N–H and O–H groups in total. The normalized spacial score (nSPS) is 11.4. The van der Waals surface area contributed by atoms with Gasteiger partial charge in [0.25, 0.3) is 5.91 Å². The molecule has 1 amide bonds. The van der Waals surface area contributed by atoms with Gasteiger partial charge in [-0.15, -0.1) is 0 Å². The predicted octanol–water partition coefficient (Wildman–Crippen LogP) is 1.83. The molecule has 1 atom stereocenters. The number of amides is 1. The zero-order valence-corrected chi connectivity index (χ0v) is 13.3. The van der Waals surface area contributed by atoms with Crippen molar-refractivity contribution in [3.8, 4) is 5.75 Å². The summed E-state index contributed by atoms with van der Waals surface area (Å²) in [5.74, 6) is -0.888. The molecule has 1 aromatic carbocycles. The van der Waals surface area contributed by atoms with Gasteiger partial charge in [0.05, 0.1) is 13.4 Å². The molecule has 7 heteroatoms. The molecule has 0 fully saturated rings. The summed E-state index contributed by atoms with van der Waals surface area (Å²) < 4.78 is 14.9. The molecule has 126 valence electrons. The van der Waals surface area contributed by atoms with Crippen LogP contribution < -0.4 is 10.1 Å². The number of carbonyl (C=O) groups excluding carboxylic acids is 3. The fraction of sp³-hybridized carbons (Fsp3) is 0.235. The average molecular weight is 331 g/mol. The highest BCUT2D eigenvalue weighted by Gasteiger charge is 2.20.